The molecule has 3 aromatic heterocycles. The van der Waals surface area contributed by atoms with E-state index in [-0.39, 0.29) is 11.1 Å². The standard InChI is InChI=1S/C16H20N8O2S/c1-22-7-6-17-16(22)27(25,26)18-8-11-9-23(10-11)14-5-4-13-19-20-15(12-2-3-12)24(13)21-14/h4-7,11-12,18H,2-3,8-10H2,1H3. The molecule has 1 aliphatic carbocycles. The lowest BCUT2D eigenvalue weighted by atomic mass is 10.0. The van der Waals surface area contributed by atoms with E-state index in [0.717, 1.165) is 43.2 Å². The lowest BCUT2D eigenvalue weighted by Gasteiger charge is -2.40. The first-order chi connectivity index (χ1) is 13.0. The second-order valence-corrected chi connectivity index (χ2v) is 8.90. The SMILES string of the molecule is Cn1ccnc1S(=O)(=O)NCC1CN(c2ccc3nnc(C4CC4)n3n2)C1. The number of sulfonamides is 1. The van der Waals surface area contributed by atoms with Gasteiger partial charge in [-0.15, -0.1) is 15.3 Å². The van der Waals surface area contributed by atoms with Crippen molar-refractivity contribution >= 4 is 21.5 Å². The molecule has 27 heavy (non-hydrogen) atoms. The van der Waals surface area contributed by atoms with E-state index in [1.165, 1.54) is 10.8 Å². The lowest BCUT2D eigenvalue weighted by molar-refractivity contribution is 0.401. The summed E-state index contributed by atoms with van der Waals surface area (Å²) in [5.41, 5.74) is 0.764. The zero-order chi connectivity index (χ0) is 18.6. The Bertz CT molecular complexity index is 1090. The van der Waals surface area contributed by atoms with Gasteiger partial charge in [0.15, 0.2) is 11.5 Å². The summed E-state index contributed by atoms with van der Waals surface area (Å²) in [5.74, 6) is 2.52. The van der Waals surface area contributed by atoms with Crippen LogP contribution in [0.5, 0.6) is 0 Å². The van der Waals surface area contributed by atoms with E-state index >= 15 is 0 Å². The third-order valence-corrected chi connectivity index (χ3v) is 6.50. The highest BCUT2D eigenvalue weighted by Gasteiger charge is 2.32. The number of hydrogen-bond acceptors (Lipinski definition) is 7. The molecule has 10 nitrogen and oxygen atoms in total. The molecule has 3 aromatic rings. The molecule has 0 atom stereocenters. The highest BCUT2D eigenvalue weighted by molar-refractivity contribution is 7.89. The Kier molecular flexibility index (Phi) is 3.69. The quantitative estimate of drug-likeness (QED) is 0.640. The Labute approximate surface area is 156 Å². The van der Waals surface area contributed by atoms with Gasteiger partial charge in [-0.05, 0) is 25.0 Å². The second kappa shape index (κ2) is 5.99. The first-order valence-electron chi connectivity index (χ1n) is 8.95. The molecule has 0 bridgehead atoms. The van der Waals surface area contributed by atoms with Crippen molar-refractivity contribution in [1.29, 1.82) is 0 Å². The van der Waals surface area contributed by atoms with Crippen molar-refractivity contribution in [2.75, 3.05) is 24.5 Å². The number of rotatable bonds is 6. The highest BCUT2D eigenvalue weighted by Crippen LogP contribution is 2.38. The zero-order valence-corrected chi connectivity index (χ0v) is 15.7. The minimum Gasteiger partial charge on any atom is -0.354 e. The van der Waals surface area contributed by atoms with Crippen molar-refractivity contribution in [2.24, 2.45) is 13.0 Å². The maximum Gasteiger partial charge on any atom is 0.274 e. The molecule has 1 saturated heterocycles. The molecule has 5 rings (SSSR count). The van der Waals surface area contributed by atoms with E-state index in [1.807, 2.05) is 16.6 Å². The van der Waals surface area contributed by atoms with Gasteiger partial charge in [-0.1, -0.05) is 0 Å². The average Bonchev–Trinajstić information content (AvgIpc) is 3.20. The number of fused-ring (bicyclic) bond motifs is 1. The van der Waals surface area contributed by atoms with E-state index in [2.05, 4.69) is 29.9 Å². The number of aryl methyl sites for hydroxylation is 1. The molecule has 0 radical (unpaired) electrons. The maximum absolute atomic E-state index is 12.3. The van der Waals surface area contributed by atoms with E-state index < -0.39 is 10.0 Å². The summed E-state index contributed by atoms with van der Waals surface area (Å²) in [4.78, 5) is 6.04. The Morgan fingerprint density at radius 1 is 1.22 bits per heavy atom. The Balaban J connectivity index is 1.23. The van der Waals surface area contributed by atoms with E-state index in [4.69, 9.17) is 0 Å². The van der Waals surface area contributed by atoms with Crippen LogP contribution >= 0.6 is 0 Å². The first-order valence-corrected chi connectivity index (χ1v) is 10.4. The van der Waals surface area contributed by atoms with Crippen LogP contribution in [0.25, 0.3) is 5.65 Å². The normalized spacial score (nSPS) is 18.2. The van der Waals surface area contributed by atoms with Gasteiger partial charge < -0.3 is 9.47 Å². The van der Waals surface area contributed by atoms with Crippen LogP contribution in [-0.4, -0.2) is 57.4 Å². The van der Waals surface area contributed by atoms with Crippen molar-refractivity contribution in [3.63, 3.8) is 0 Å². The number of hydrogen-bond donors (Lipinski definition) is 1. The fourth-order valence-corrected chi connectivity index (χ4v) is 4.57. The van der Waals surface area contributed by atoms with Crippen LogP contribution in [0, 0.1) is 5.92 Å². The smallest absolute Gasteiger partial charge is 0.274 e. The molecule has 0 spiro atoms. The molecule has 0 aromatic carbocycles. The minimum atomic E-state index is -3.58. The fourth-order valence-electron chi connectivity index (χ4n) is 3.35. The Morgan fingerprint density at radius 3 is 2.74 bits per heavy atom. The maximum atomic E-state index is 12.3. The van der Waals surface area contributed by atoms with Crippen LogP contribution < -0.4 is 9.62 Å². The van der Waals surface area contributed by atoms with Crippen molar-refractivity contribution in [2.45, 2.75) is 23.9 Å². The van der Waals surface area contributed by atoms with Crippen LogP contribution in [0.1, 0.15) is 24.6 Å². The van der Waals surface area contributed by atoms with Crippen LogP contribution in [0.2, 0.25) is 0 Å². The Hall–Kier alpha value is -2.53. The molecule has 2 aliphatic rings. The summed E-state index contributed by atoms with van der Waals surface area (Å²) >= 11 is 0. The Morgan fingerprint density at radius 2 is 2.04 bits per heavy atom. The molecule has 1 saturated carbocycles. The van der Waals surface area contributed by atoms with Gasteiger partial charge in [0.25, 0.3) is 10.0 Å². The summed E-state index contributed by atoms with van der Waals surface area (Å²) in [7, 11) is -1.92. The van der Waals surface area contributed by atoms with E-state index in [9.17, 15) is 8.42 Å². The van der Waals surface area contributed by atoms with Crippen LogP contribution in [-0.2, 0) is 17.1 Å². The number of anilines is 1. The molecule has 2 fully saturated rings. The van der Waals surface area contributed by atoms with Gasteiger partial charge in [0.2, 0.25) is 5.16 Å². The summed E-state index contributed by atoms with van der Waals surface area (Å²) in [5, 5.41) is 13.1. The van der Waals surface area contributed by atoms with Gasteiger partial charge in [0, 0.05) is 50.9 Å². The number of nitrogens with zero attached hydrogens (tertiary/aromatic N) is 7. The minimum absolute atomic E-state index is 0.0333. The van der Waals surface area contributed by atoms with Gasteiger partial charge in [-0.25, -0.2) is 18.1 Å². The van der Waals surface area contributed by atoms with Crippen molar-refractivity contribution in [3.8, 4) is 0 Å². The molecular formula is C16H20N8O2S. The van der Waals surface area contributed by atoms with E-state index in [1.54, 1.807) is 13.2 Å². The van der Waals surface area contributed by atoms with Crippen molar-refractivity contribution < 1.29 is 8.42 Å². The van der Waals surface area contributed by atoms with Gasteiger partial charge in [0.1, 0.15) is 5.82 Å². The highest BCUT2D eigenvalue weighted by atomic mass is 32.2. The van der Waals surface area contributed by atoms with Crippen molar-refractivity contribution in [3.05, 3.63) is 30.4 Å². The summed E-state index contributed by atoms with van der Waals surface area (Å²) in [6.07, 6.45) is 5.38. The van der Waals surface area contributed by atoms with Crippen LogP contribution in [0.15, 0.2) is 29.7 Å². The summed E-state index contributed by atoms with van der Waals surface area (Å²) in [6, 6.07) is 3.87. The predicted molar refractivity (Wildman–Crippen MR) is 96.9 cm³/mol. The third kappa shape index (κ3) is 2.96. The van der Waals surface area contributed by atoms with Crippen molar-refractivity contribution in [1.82, 2.24) is 34.1 Å². The fraction of sp³-hybridized carbons (Fsp3) is 0.500. The number of aromatic nitrogens is 6. The molecule has 11 heteroatoms. The van der Waals surface area contributed by atoms with Gasteiger partial charge in [-0.2, -0.15) is 4.52 Å². The summed E-state index contributed by atoms with van der Waals surface area (Å²) < 4.78 is 30.6. The van der Waals surface area contributed by atoms with Gasteiger partial charge in [0.05, 0.1) is 0 Å². The lowest BCUT2D eigenvalue weighted by Crippen LogP contribution is -2.52. The third-order valence-electron chi connectivity index (χ3n) is 5.08. The topological polar surface area (TPSA) is 110 Å². The van der Waals surface area contributed by atoms with Gasteiger partial charge in [-0.3, -0.25) is 0 Å². The molecule has 142 valence electrons. The van der Waals surface area contributed by atoms with Crippen LogP contribution in [0.4, 0.5) is 5.82 Å². The molecule has 4 heterocycles. The average molecular weight is 388 g/mol. The second-order valence-electron chi connectivity index (χ2n) is 7.24. The summed E-state index contributed by atoms with van der Waals surface area (Å²) in [6.45, 7) is 1.89. The molecule has 1 N–H and O–H groups in total. The predicted octanol–water partition coefficient (Wildman–Crippen LogP) is 0.150. The first kappa shape index (κ1) is 16.6. The monoisotopic (exact) mass is 388 g/mol. The number of imidazole rings is 1. The molecule has 0 unspecified atom stereocenters. The zero-order valence-electron chi connectivity index (χ0n) is 14.9. The molecule has 0 amide bonds. The molecular weight excluding hydrogens is 368 g/mol. The van der Waals surface area contributed by atoms with Crippen LogP contribution in [0.3, 0.4) is 0 Å². The molecule has 1 aliphatic heterocycles. The number of nitrogens with one attached hydrogen (secondary N) is 1. The van der Waals surface area contributed by atoms with E-state index in [0.29, 0.717) is 12.5 Å². The largest absolute Gasteiger partial charge is 0.354 e. The van der Waals surface area contributed by atoms with Gasteiger partial charge >= 0.3 is 0 Å².